The van der Waals surface area contributed by atoms with Gasteiger partial charge < -0.3 is 10.4 Å². The predicted molar refractivity (Wildman–Crippen MR) is 67.8 cm³/mol. The molecule has 0 unspecified atom stereocenters. The van der Waals surface area contributed by atoms with Crippen LogP contribution in [0.1, 0.15) is 0 Å². The molecular weight excluding hydrogens is 262 g/mol. The zero-order valence-corrected chi connectivity index (χ0v) is 10.5. The highest BCUT2D eigenvalue weighted by Crippen LogP contribution is 2.18. The van der Waals surface area contributed by atoms with E-state index in [0.717, 1.165) is 4.90 Å². The summed E-state index contributed by atoms with van der Waals surface area (Å²) >= 11 is 6.83. The second-order valence-electron chi connectivity index (χ2n) is 3.23. The third-order valence-corrected chi connectivity index (χ3v) is 3.35. The van der Waals surface area contributed by atoms with Crippen molar-refractivity contribution in [1.82, 2.24) is 5.32 Å². The highest BCUT2D eigenvalue weighted by atomic mass is 35.5. The third-order valence-electron chi connectivity index (χ3n) is 1.98. The predicted octanol–water partition coefficient (Wildman–Crippen LogP) is 2.22. The van der Waals surface area contributed by atoms with Crippen LogP contribution in [0.5, 0.6) is 0 Å². The van der Waals surface area contributed by atoms with Gasteiger partial charge in [0, 0.05) is 10.6 Å². The summed E-state index contributed by atoms with van der Waals surface area (Å²) in [4.78, 5) is 22.9. The standard InChI is InChI=1S/C11H12ClNO3S/c12-6-10(14)9(13-11(15)16)7-17-8-4-2-1-3-5-8/h1-5,9,13H,6-7H2,(H,15,16)/t9-/m0/s1. The molecule has 0 aliphatic rings. The first kappa shape index (κ1) is 13.9. The number of hydrogen-bond donors (Lipinski definition) is 2. The van der Waals surface area contributed by atoms with Gasteiger partial charge in [-0.05, 0) is 12.1 Å². The SMILES string of the molecule is O=C(O)N[C@@H](CSc1ccccc1)C(=O)CCl. The van der Waals surface area contributed by atoms with Crippen molar-refractivity contribution < 1.29 is 14.7 Å². The molecule has 0 fully saturated rings. The van der Waals surface area contributed by atoms with Gasteiger partial charge in [-0.2, -0.15) is 0 Å². The number of nitrogens with one attached hydrogen (secondary N) is 1. The van der Waals surface area contributed by atoms with E-state index in [0.29, 0.717) is 5.75 Å². The Morgan fingerprint density at radius 2 is 2.00 bits per heavy atom. The molecular formula is C11H12ClNO3S. The molecule has 0 aliphatic carbocycles. The van der Waals surface area contributed by atoms with Crippen molar-refractivity contribution in [3.8, 4) is 0 Å². The first-order valence-electron chi connectivity index (χ1n) is 4.89. The van der Waals surface area contributed by atoms with E-state index in [-0.39, 0.29) is 11.7 Å². The molecule has 4 nitrogen and oxygen atoms in total. The molecule has 17 heavy (non-hydrogen) atoms. The van der Waals surface area contributed by atoms with Crippen LogP contribution in [0.3, 0.4) is 0 Å². The molecule has 0 saturated heterocycles. The average molecular weight is 274 g/mol. The van der Waals surface area contributed by atoms with Crippen molar-refractivity contribution in [2.75, 3.05) is 11.6 Å². The van der Waals surface area contributed by atoms with Crippen LogP contribution in [0.25, 0.3) is 0 Å². The van der Waals surface area contributed by atoms with E-state index >= 15 is 0 Å². The number of carbonyl (C=O) groups is 2. The number of thioether (sulfide) groups is 1. The van der Waals surface area contributed by atoms with Crippen LogP contribution < -0.4 is 5.32 Å². The monoisotopic (exact) mass is 273 g/mol. The smallest absolute Gasteiger partial charge is 0.405 e. The number of benzene rings is 1. The van der Waals surface area contributed by atoms with E-state index in [4.69, 9.17) is 16.7 Å². The Morgan fingerprint density at radius 1 is 1.35 bits per heavy atom. The zero-order valence-electron chi connectivity index (χ0n) is 8.93. The van der Waals surface area contributed by atoms with Crippen molar-refractivity contribution in [2.24, 2.45) is 0 Å². The summed E-state index contributed by atoms with van der Waals surface area (Å²) in [6.07, 6.45) is -1.22. The lowest BCUT2D eigenvalue weighted by Gasteiger charge is -2.13. The van der Waals surface area contributed by atoms with E-state index in [1.54, 1.807) is 0 Å². The molecule has 0 bridgehead atoms. The topological polar surface area (TPSA) is 66.4 Å². The van der Waals surface area contributed by atoms with Crippen molar-refractivity contribution in [2.45, 2.75) is 10.9 Å². The van der Waals surface area contributed by atoms with Gasteiger partial charge in [0.25, 0.3) is 0 Å². The first-order valence-corrected chi connectivity index (χ1v) is 6.41. The van der Waals surface area contributed by atoms with E-state index in [9.17, 15) is 9.59 Å². The fourth-order valence-corrected chi connectivity index (χ4v) is 2.32. The van der Waals surface area contributed by atoms with Crippen molar-refractivity contribution in [3.63, 3.8) is 0 Å². The molecule has 0 spiro atoms. The molecule has 0 radical (unpaired) electrons. The molecule has 1 aromatic rings. The number of Topliss-reactive ketones (excluding diaryl/α,β-unsaturated/α-hetero) is 1. The molecule has 2 N–H and O–H groups in total. The maximum Gasteiger partial charge on any atom is 0.405 e. The summed E-state index contributed by atoms with van der Waals surface area (Å²) in [5.41, 5.74) is 0. The van der Waals surface area contributed by atoms with Gasteiger partial charge in [-0.15, -0.1) is 23.4 Å². The van der Waals surface area contributed by atoms with Crippen LogP contribution in [0.2, 0.25) is 0 Å². The van der Waals surface area contributed by atoms with E-state index in [1.807, 2.05) is 30.3 Å². The minimum atomic E-state index is -1.22. The maximum absolute atomic E-state index is 11.4. The number of amides is 1. The molecule has 0 saturated carbocycles. The average Bonchev–Trinajstić information content (AvgIpc) is 2.34. The summed E-state index contributed by atoms with van der Waals surface area (Å²) in [5, 5.41) is 10.8. The van der Waals surface area contributed by atoms with E-state index < -0.39 is 12.1 Å². The number of rotatable bonds is 6. The number of halogens is 1. The normalized spacial score (nSPS) is 11.8. The lowest BCUT2D eigenvalue weighted by molar-refractivity contribution is -0.118. The van der Waals surface area contributed by atoms with Gasteiger partial charge in [-0.3, -0.25) is 4.79 Å². The molecule has 0 aromatic heterocycles. The molecule has 92 valence electrons. The Bertz CT molecular complexity index is 386. The van der Waals surface area contributed by atoms with Gasteiger partial charge >= 0.3 is 6.09 Å². The van der Waals surface area contributed by atoms with Crippen LogP contribution in [-0.2, 0) is 4.79 Å². The van der Waals surface area contributed by atoms with Gasteiger partial charge in [0.15, 0.2) is 5.78 Å². The lowest BCUT2D eigenvalue weighted by atomic mass is 10.2. The Kier molecular flexibility index (Phi) is 5.86. The second kappa shape index (κ2) is 7.19. The number of ketones is 1. The molecule has 0 heterocycles. The Labute approximate surface area is 108 Å². The van der Waals surface area contributed by atoms with Crippen LogP contribution in [-0.4, -0.2) is 34.7 Å². The molecule has 1 atom stereocenters. The highest BCUT2D eigenvalue weighted by Gasteiger charge is 2.19. The van der Waals surface area contributed by atoms with Crippen LogP contribution >= 0.6 is 23.4 Å². The number of hydrogen-bond acceptors (Lipinski definition) is 3. The molecule has 1 rings (SSSR count). The lowest BCUT2D eigenvalue weighted by Crippen LogP contribution is -2.42. The van der Waals surface area contributed by atoms with Crippen LogP contribution in [0.4, 0.5) is 4.79 Å². The van der Waals surface area contributed by atoms with Gasteiger partial charge in [-0.25, -0.2) is 4.79 Å². The molecule has 0 aliphatic heterocycles. The van der Waals surface area contributed by atoms with Crippen LogP contribution in [0.15, 0.2) is 35.2 Å². The molecule has 1 amide bonds. The van der Waals surface area contributed by atoms with Gasteiger partial charge in [0.05, 0.1) is 5.88 Å². The summed E-state index contributed by atoms with van der Waals surface area (Å²) in [7, 11) is 0. The largest absolute Gasteiger partial charge is 0.465 e. The fourth-order valence-electron chi connectivity index (χ4n) is 1.15. The summed E-state index contributed by atoms with van der Waals surface area (Å²) < 4.78 is 0. The molecule has 6 heteroatoms. The van der Waals surface area contributed by atoms with Gasteiger partial charge in [0.2, 0.25) is 0 Å². The number of carboxylic acid groups (broad SMARTS) is 1. The van der Waals surface area contributed by atoms with Crippen LogP contribution in [0, 0.1) is 0 Å². The maximum atomic E-state index is 11.4. The Morgan fingerprint density at radius 3 is 2.53 bits per heavy atom. The Balaban J connectivity index is 2.55. The summed E-state index contributed by atoms with van der Waals surface area (Å²) in [6.45, 7) is 0. The quantitative estimate of drug-likeness (QED) is 0.616. The number of carbonyl (C=O) groups excluding carboxylic acids is 1. The van der Waals surface area contributed by atoms with Gasteiger partial charge in [0.1, 0.15) is 6.04 Å². The minimum absolute atomic E-state index is 0.194. The van der Waals surface area contributed by atoms with Crippen molar-refractivity contribution >= 4 is 35.2 Å². The second-order valence-corrected chi connectivity index (χ2v) is 4.59. The van der Waals surface area contributed by atoms with Gasteiger partial charge in [-0.1, -0.05) is 18.2 Å². The Hall–Kier alpha value is -1.20. The van der Waals surface area contributed by atoms with E-state index in [2.05, 4.69) is 5.32 Å². The first-order chi connectivity index (χ1) is 8.13. The highest BCUT2D eigenvalue weighted by molar-refractivity contribution is 7.99. The minimum Gasteiger partial charge on any atom is -0.465 e. The zero-order chi connectivity index (χ0) is 12.7. The van der Waals surface area contributed by atoms with Crippen molar-refractivity contribution in [3.05, 3.63) is 30.3 Å². The fraction of sp³-hybridized carbons (Fsp3) is 0.273. The van der Waals surface area contributed by atoms with Crippen molar-refractivity contribution in [1.29, 1.82) is 0 Å². The molecule has 1 aromatic carbocycles. The third kappa shape index (κ3) is 5.10. The summed E-state index contributed by atoms with van der Waals surface area (Å²) in [6, 6.07) is 8.68. The van der Waals surface area contributed by atoms with E-state index in [1.165, 1.54) is 11.8 Å². The number of alkyl halides is 1. The summed E-state index contributed by atoms with van der Waals surface area (Å²) in [5.74, 6) is -0.181.